The van der Waals surface area contributed by atoms with Crippen molar-refractivity contribution in [1.29, 1.82) is 0 Å². The van der Waals surface area contributed by atoms with Gasteiger partial charge in [0.1, 0.15) is 34.8 Å². The van der Waals surface area contributed by atoms with E-state index in [9.17, 15) is 9.13 Å². The zero-order valence-corrected chi connectivity index (χ0v) is 49.0. The Kier molecular flexibility index (Phi) is 16.9. The van der Waals surface area contributed by atoms with Gasteiger partial charge in [-0.3, -0.25) is 9.05 Å². The topological polar surface area (TPSA) is 179 Å². The van der Waals surface area contributed by atoms with Gasteiger partial charge in [-0.15, -0.1) is 0 Å². The van der Waals surface area contributed by atoms with E-state index in [1.807, 2.05) is 50.2 Å². The molecule has 2 saturated heterocycles. The number of hydrogen-bond donors (Lipinski definition) is 2. The minimum atomic E-state index is -4.43. The molecule has 0 atom stereocenters. The molecule has 400 valence electrons. The number of fused-ring (bicyclic) bond motifs is 2. The summed E-state index contributed by atoms with van der Waals surface area (Å²) in [5.41, 5.74) is 11.0. The van der Waals surface area contributed by atoms with Gasteiger partial charge >= 0.3 is 15.6 Å². The maximum absolute atomic E-state index is 13.8. The summed E-state index contributed by atoms with van der Waals surface area (Å²) in [7, 11) is -8.36. The van der Waals surface area contributed by atoms with Crippen molar-refractivity contribution >= 4 is 81.2 Å². The quantitative estimate of drug-likeness (QED) is 0.0982. The van der Waals surface area contributed by atoms with Crippen LogP contribution in [0.3, 0.4) is 0 Å². The molecule has 0 unspecified atom stereocenters. The smallest absolute Gasteiger partial charge is 0.395 e. The lowest BCUT2D eigenvalue weighted by atomic mass is 9.98. The van der Waals surface area contributed by atoms with Crippen molar-refractivity contribution in [2.24, 2.45) is 11.8 Å². The molecule has 76 heavy (non-hydrogen) atoms. The lowest BCUT2D eigenvalue weighted by Gasteiger charge is -2.33. The van der Waals surface area contributed by atoms with E-state index >= 15 is 0 Å². The molecule has 20 heteroatoms. The van der Waals surface area contributed by atoms with Crippen molar-refractivity contribution in [3.05, 3.63) is 151 Å². The van der Waals surface area contributed by atoms with Crippen LogP contribution in [0, 0.1) is 67.2 Å². The Morgan fingerprint density at radius 1 is 0.526 bits per heavy atom. The van der Waals surface area contributed by atoms with Crippen molar-refractivity contribution in [2.75, 3.05) is 49.2 Å². The molecule has 2 N–H and O–H groups in total. The van der Waals surface area contributed by atoms with Gasteiger partial charge in [0.2, 0.25) is 0 Å². The first-order chi connectivity index (χ1) is 36.2. The number of phosphoric acid groups is 2. The van der Waals surface area contributed by atoms with Gasteiger partial charge in [0, 0.05) is 47.5 Å². The number of aryl methyl sites for hydroxylation is 8. The Balaban J connectivity index is 0.000000195. The molecule has 6 heterocycles. The fourth-order valence-electron chi connectivity index (χ4n) is 10.5. The molecule has 8 aromatic rings. The van der Waals surface area contributed by atoms with Crippen LogP contribution in [0.15, 0.2) is 106 Å². The summed E-state index contributed by atoms with van der Waals surface area (Å²) in [6.45, 7) is 20.0. The summed E-state index contributed by atoms with van der Waals surface area (Å²) in [4.78, 5) is 42.0. The minimum absolute atomic E-state index is 0.0772. The predicted molar refractivity (Wildman–Crippen MR) is 307 cm³/mol. The van der Waals surface area contributed by atoms with Gasteiger partial charge in [0.15, 0.2) is 11.3 Å². The van der Waals surface area contributed by atoms with E-state index in [1.54, 1.807) is 24.3 Å². The highest BCUT2D eigenvalue weighted by atomic mass is 79.9. The number of halogens is 2. The van der Waals surface area contributed by atoms with Crippen molar-refractivity contribution in [3.8, 4) is 22.9 Å². The maximum atomic E-state index is 13.8. The third-order valence-corrected chi connectivity index (χ3v) is 16.7. The molecular weight excluding hydrogens is 1130 g/mol. The largest absolute Gasteiger partial charge is 0.587 e. The van der Waals surface area contributed by atoms with Gasteiger partial charge < -0.3 is 37.8 Å². The molecule has 4 aromatic heterocycles. The van der Waals surface area contributed by atoms with E-state index < -0.39 is 15.6 Å². The van der Waals surface area contributed by atoms with E-state index in [4.69, 9.17) is 47.8 Å². The third-order valence-electron chi connectivity index (χ3n) is 13.9. The average molecular weight is 1200 g/mol. The van der Waals surface area contributed by atoms with E-state index in [-0.39, 0.29) is 25.0 Å². The maximum Gasteiger partial charge on any atom is 0.587 e. The lowest BCUT2D eigenvalue weighted by Crippen LogP contribution is -2.36. The number of para-hydroxylation sites is 2. The zero-order chi connectivity index (χ0) is 54.1. The first kappa shape index (κ1) is 55.3. The molecule has 0 saturated carbocycles. The molecule has 0 amide bonds. The van der Waals surface area contributed by atoms with Crippen LogP contribution in [0.2, 0.25) is 0 Å². The van der Waals surface area contributed by atoms with E-state index in [0.717, 1.165) is 134 Å². The highest BCUT2D eigenvalue weighted by Gasteiger charge is 2.34. The third kappa shape index (κ3) is 12.8. The fraction of sp³-hybridized carbons (Fsp3) is 0.357. The first-order valence-electron chi connectivity index (χ1n) is 25.4. The number of aromatic nitrogens is 6. The van der Waals surface area contributed by atoms with Gasteiger partial charge in [-0.1, -0.05) is 68.3 Å². The molecule has 16 nitrogen and oxygen atoms in total. The Morgan fingerprint density at radius 3 is 1.24 bits per heavy atom. The highest BCUT2D eigenvalue weighted by Crippen LogP contribution is 2.50. The van der Waals surface area contributed by atoms with E-state index in [2.05, 4.69) is 129 Å². The second-order valence-corrected chi connectivity index (χ2v) is 24.5. The van der Waals surface area contributed by atoms with Crippen LogP contribution >= 0.6 is 47.5 Å². The number of anilines is 2. The molecule has 0 aliphatic carbocycles. The normalized spacial score (nSPS) is 14.8. The van der Waals surface area contributed by atoms with Crippen molar-refractivity contribution in [1.82, 2.24) is 29.1 Å². The number of phosphoric ester groups is 2. The van der Waals surface area contributed by atoms with E-state index in [1.165, 1.54) is 11.1 Å². The molecular formula is C56H64Br2N8O8P2. The first-order valence-corrected chi connectivity index (χ1v) is 30.0. The van der Waals surface area contributed by atoms with Crippen molar-refractivity contribution < 1.29 is 37.0 Å². The number of rotatable bonds is 14. The SMILES string of the molecule is Cc1nc(N2CCC(COP(=O)(O)O)CC2)c2c(C)cn(-c3c(C)cc(Br)cc3C)c2n1.Cc1nc(N2CCC(COP(=O)(Oc3ccccc3)Oc3ccccc3)CC2)c2c(C)cn(-c3c(C)cc(Br)cc3C)c2n1. The predicted octanol–water partition coefficient (Wildman–Crippen LogP) is 13.7. The summed E-state index contributed by atoms with van der Waals surface area (Å²) in [5, 5.41) is 2.12. The Labute approximate surface area is 460 Å². The van der Waals surface area contributed by atoms with E-state index in [0.29, 0.717) is 17.3 Å². The average Bonchev–Trinajstić information content (AvgIpc) is 3.96. The molecule has 2 aliphatic rings. The molecule has 0 spiro atoms. The van der Waals surface area contributed by atoms with Gasteiger partial charge in [-0.25, -0.2) is 29.1 Å². The number of nitrogens with zero attached hydrogens (tertiary/aromatic N) is 8. The van der Waals surface area contributed by atoms with Gasteiger partial charge in [-0.2, -0.15) is 0 Å². The van der Waals surface area contributed by atoms with Crippen LogP contribution in [0.25, 0.3) is 33.4 Å². The zero-order valence-electron chi connectivity index (χ0n) is 44.0. The van der Waals surface area contributed by atoms with Gasteiger partial charge in [0.25, 0.3) is 0 Å². The van der Waals surface area contributed by atoms with Crippen LogP contribution in [0.4, 0.5) is 11.6 Å². The van der Waals surface area contributed by atoms with Crippen LogP contribution in [0.5, 0.6) is 11.5 Å². The van der Waals surface area contributed by atoms with Gasteiger partial charge in [0.05, 0.1) is 35.4 Å². The highest BCUT2D eigenvalue weighted by molar-refractivity contribution is 9.10. The lowest BCUT2D eigenvalue weighted by molar-refractivity contribution is 0.156. The summed E-state index contributed by atoms with van der Waals surface area (Å²) in [6.07, 6.45) is 7.58. The molecule has 0 bridgehead atoms. The monoisotopic (exact) mass is 1200 g/mol. The summed E-state index contributed by atoms with van der Waals surface area (Å²) in [5.74, 6) is 4.51. The Morgan fingerprint density at radius 2 is 0.882 bits per heavy atom. The summed E-state index contributed by atoms with van der Waals surface area (Å²) < 4.78 is 53.6. The van der Waals surface area contributed by atoms with Crippen molar-refractivity contribution in [3.63, 3.8) is 0 Å². The van der Waals surface area contributed by atoms with Crippen LogP contribution < -0.4 is 18.8 Å². The molecule has 2 aliphatic heterocycles. The molecule has 10 rings (SSSR count). The number of piperidine rings is 2. The molecule has 4 aromatic carbocycles. The molecule has 0 radical (unpaired) electrons. The number of benzene rings is 4. The summed E-state index contributed by atoms with van der Waals surface area (Å²) in [6, 6.07) is 26.5. The Bertz CT molecular complexity index is 3390. The van der Waals surface area contributed by atoms with Crippen LogP contribution in [-0.2, 0) is 18.2 Å². The standard InChI is InChI=1S/C34H36BrN4O4P.C22H28BrN4O4P/c1-23-19-28(35)20-24(2)32(23)39-21-25(3)31-33(36-26(4)37-34(31)39)38-17-15-27(16-18-38)22-41-44(40,42-29-11-7-5-8-12-29)43-30-13-9-6-10-14-30;1-13-9-18(23)10-14(2)20(13)27-11-15(3)19-21(24-16(4)25-22(19)27)26-7-5-17(6-8-26)12-31-32(28,29)30/h5-14,19-21,27H,15-18,22H2,1-4H3;9-11,17H,5-8,12H2,1-4H3,(H2,28,29,30). The van der Waals surface area contributed by atoms with Crippen molar-refractivity contribution in [2.45, 2.75) is 81.1 Å². The fourth-order valence-corrected chi connectivity index (χ4v) is 13.5. The summed E-state index contributed by atoms with van der Waals surface area (Å²) >= 11 is 7.21. The number of hydrogen-bond acceptors (Lipinski definition) is 12. The van der Waals surface area contributed by atoms with Crippen LogP contribution in [-0.4, -0.2) is 78.2 Å². The second-order valence-electron chi connectivity index (χ2n) is 19.9. The van der Waals surface area contributed by atoms with Crippen LogP contribution in [0.1, 0.15) is 70.7 Å². The van der Waals surface area contributed by atoms with Gasteiger partial charge in [-0.05, 0) is 175 Å². The molecule has 2 fully saturated rings. The Hall–Kier alpha value is -5.42. The minimum Gasteiger partial charge on any atom is -0.395 e. The second kappa shape index (κ2) is 23.3.